The van der Waals surface area contributed by atoms with Gasteiger partial charge in [0.25, 0.3) is 0 Å². The molecule has 0 bridgehead atoms. The maximum absolute atomic E-state index is 2.34. The minimum absolute atomic E-state index is 1.16. The Morgan fingerprint density at radius 3 is 1.10 bits per heavy atom. The van der Waals surface area contributed by atoms with Crippen LogP contribution >= 0.6 is 0 Å². The zero-order valence-corrected chi connectivity index (χ0v) is 27.2. The number of para-hydroxylation sites is 2. The molecule has 0 aliphatic heterocycles. The molecule has 8 aromatic rings. The predicted octanol–water partition coefficient (Wildman–Crippen LogP) is 12.5. The van der Waals surface area contributed by atoms with E-state index in [0.717, 1.165) is 5.69 Å². The van der Waals surface area contributed by atoms with Crippen molar-refractivity contribution in [1.29, 1.82) is 0 Å². The maximum Gasteiger partial charge on any atom is 0.0573 e. The lowest BCUT2D eigenvalue weighted by atomic mass is 9.89. The quantitative estimate of drug-likeness (QED) is 0.164. The van der Waals surface area contributed by atoms with Crippen molar-refractivity contribution in [3.63, 3.8) is 0 Å². The van der Waals surface area contributed by atoms with Gasteiger partial charge in [-0.3, -0.25) is 0 Å². The third kappa shape index (κ3) is 5.38. The maximum atomic E-state index is 2.34. The second-order valence-electron chi connectivity index (χ2n) is 12.3. The lowest BCUT2D eigenvalue weighted by Gasteiger charge is -2.27. The summed E-state index contributed by atoms with van der Waals surface area (Å²) < 4.78 is 0. The third-order valence-electron chi connectivity index (χ3n) is 9.51. The first-order chi connectivity index (χ1) is 23.7. The molecule has 0 aliphatic carbocycles. The molecule has 0 amide bonds. The molecule has 0 unspecified atom stereocenters. The number of fused-ring (bicyclic) bond motifs is 3. The molecule has 230 valence electrons. The first-order valence-electron chi connectivity index (χ1n) is 16.5. The van der Waals surface area contributed by atoms with Gasteiger partial charge in [0.1, 0.15) is 0 Å². The van der Waals surface area contributed by atoms with Crippen LogP contribution in [0.2, 0.25) is 0 Å². The molecule has 0 spiro atoms. The standard InChI is InChI=1S/C46H36N2/c1-47(38-13-5-3-6-14-38)40-31-29-36(30-32-40)34-23-21-33(22-24-34)35-25-27-37(28-26-35)45-43-19-11-9-17-41(43)42-18-10-12-20-44(42)46(45)48(2)39-15-7-4-8-16-39/h3-32H,1-2H3. The molecule has 48 heavy (non-hydrogen) atoms. The summed E-state index contributed by atoms with van der Waals surface area (Å²) in [4.78, 5) is 4.54. The highest BCUT2D eigenvalue weighted by Crippen LogP contribution is 2.46. The van der Waals surface area contributed by atoms with E-state index in [1.807, 2.05) is 6.07 Å². The highest BCUT2D eigenvalue weighted by molar-refractivity contribution is 6.21. The zero-order valence-electron chi connectivity index (χ0n) is 27.2. The molecule has 0 atom stereocenters. The van der Waals surface area contributed by atoms with Gasteiger partial charge in [0.05, 0.1) is 5.69 Å². The fourth-order valence-electron chi connectivity index (χ4n) is 6.91. The molecular formula is C46H36N2. The summed E-state index contributed by atoms with van der Waals surface area (Å²) in [7, 11) is 4.29. The molecule has 2 heteroatoms. The molecule has 0 heterocycles. The summed E-state index contributed by atoms with van der Waals surface area (Å²) in [5.74, 6) is 0. The van der Waals surface area contributed by atoms with Gasteiger partial charge in [-0.05, 0) is 80.4 Å². The number of hydrogen-bond donors (Lipinski definition) is 0. The topological polar surface area (TPSA) is 6.48 Å². The van der Waals surface area contributed by atoms with Crippen LogP contribution in [0.3, 0.4) is 0 Å². The number of hydrogen-bond acceptors (Lipinski definition) is 2. The minimum Gasteiger partial charge on any atom is -0.345 e. The van der Waals surface area contributed by atoms with Gasteiger partial charge < -0.3 is 9.80 Å². The van der Waals surface area contributed by atoms with Crippen molar-refractivity contribution in [2.75, 3.05) is 23.9 Å². The normalized spacial score (nSPS) is 11.1. The molecule has 0 saturated carbocycles. The van der Waals surface area contributed by atoms with E-state index >= 15 is 0 Å². The fraction of sp³-hybridized carbons (Fsp3) is 0.0435. The molecule has 2 nitrogen and oxygen atoms in total. The molecule has 0 fully saturated rings. The second kappa shape index (κ2) is 12.6. The first-order valence-corrected chi connectivity index (χ1v) is 16.5. The van der Waals surface area contributed by atoms with Gasteiger partial charge in [0.2, 0.25) is 0 Å². The van der Waals surface area contributed by atoms with Gasteiger partial charge in [-0.15, -0.1) is 0 Å². The van der Waals surface area contributed by atoms with Gasteiger partial charge in [-0.1, -0.05) is 146 Å². The summed E-state index contributed by atoms with van der Waals surface area (Å²) in [5, 5.41) is 5.04. The molecule has 8 rings (SSSR count). The molecule has 0 N–H and O–H groups in total. The predicted molar refractivity (Wildman–Crippen MR) is 207 cm³/mol. The largest absolute Gasteiger partial charge is 0.345 e. The van der Waals surface area contributed by atoms with Crippen LogP contribution in [0.4, 0.5) is 22.7 Å². The van der Waals surface area contributed by atoms with Crippen LogP contribution in [-0.2, 0) is 0 Å². The Labute approximate surface area is 282 Å². The van der Waals surface area contributed by atoms with E-state index in [9.17, 15) is 0 Å². The Kier molecular flexibility index (Phi) is 7.68. The molecule has 0 saturated heterocycles. The second-order valence-corrected chi connectivity index (χ2v) is 12.3. The van der Waals surface area contributed by atoms with Crippen molar-refractivity contribution in [1.82, 2.24) is 0 Å². The summed E-state index contributed by atoms with van der Waals surface area (Å²) in [6, 6.07) is 65.5. The van der Waals surface area contributed by atoms with E-state index in [0.29, 0.717) is 0 Å². The van der Waals surface area contributed by atoms with Crippen molar-refractivity contribution in [3.05, 3.63) is 182 Å². The zero-order chi connectivity index (χ0) is 32.5. The van der Waals surface area contributed by atoms with E-state index in [-0.39, 0.29) is 0 Å². The number of rotatable bonds is 7. The summed E-state index contributed by atoms with van der Waals surface area (Å²) in [6.45, 7) is 0. The van der Waals surface area contributed by atoms with Crippen molar-refractivity contribution >= 4 is 44.3 Å². The van der Waals surface area contributed by atoms with Gasteiger partial charge in [-0.2, -0.15) is 0 Å². The summed E-state index contributed by atoms with van der Waals surface area (Å²) >= 11 is 0. The number of benzene rings is 8. The molecule has 0 aromatic heterocycles. The van der Waals surface area contributed by atoms with E-state index in [1.54, 1.807) is 0 Å². The van der Waals surface area contributed by atoms with Crippen molar-refractivity contribution < 1.29 is 0 Å². The lowest BCUT2D eigenvalue weighted by Crippen LogP contribution is -2.11. The SMILES string of the molecule is CN(c1ccccc1)c1ccc(-c2ccc(-c3ccc(-c4c(N(C)c5ccccc5)c5ccccc5c5ccccc45)cc3)cc2)cc1. The summed E-state index contributed by atoms with van der Waals surface area (Å²) in [5.41, 5.74) is 12.0. The van der Waals surface area contributed by atoms with Crippen LogP contribution < -0.4 is 9.80 Å². The van der Waals surface area contributed by atoms with Crippen LogP contribution in [-0.4, -0.2) is 14.1 Å². The monoisotopic (exact) mass is 616 g/mol. The summed E-state index contributed by atoms with van der Waals surface area (Å²) in [6.07, 6.45) is 0. The number of nitrogens with zero attached hydrogens (tertiary/aromatic N) is 2. The Morgan fingerprint density at radius 2 is 0.604 bits per heavy atom. The highest BCUT2D eigenvalue weighted by Gasteiger charge is 2.19. The minimum atomic E-state index is 1.16. The lowest BCUT2D eigenvalue weighted by molar-refractivity contribution is 1.21. The van der Waals surface area contributed by atoms with E-state index < -0.39 is 0 Å². The van der Waals surface area contributed by atoms with E-state index in [2.05, 4.69) is 200 Å². The van der Waals surface area contributed by atoms with Gasteiger partial charge >= 0.3 is 0 Å². The van der Waals surface area contributed by atoms with Crippen molar-refractivity contribution in [2.24, 2.45) is 0 Å². The molecule has 8 aromatic carbocycles. The molecule has 0 aliphatic rings. The van der Waals surface area contributed by atoms with Crippen molar-refractivity contribution in [2.45, 2.75) is 0 Å². The van der Waals surface area contributed by atoms with E-state index in [4.69, 9.17) is 0 Å². The highest BCUT2D eigenvalue weighted by atomic mass is 15.1. The third-order valence-corrected chi connectivity index (χ3v) is 9.51. The Balaban J connectivity index is 1.13. The smallest absolute Gasteiger partial charge is 0.0573 e. The first kappa shape index (κ1) is 29.3. The molecule has 0 radical (unpaired) electrons. The van der Waals surface area contributed by atoms with Crippen molar-refractivity contribution in [3.8, 4) is 33.4 Å². The van der Waals surface area contributed by atoms with Crippen LogP contribution in [0.25, 0.3) is 54.9 Å². The number of anilines is 4. The van der Waals surface area contributed by atoms with Crippen LogP contribution in [0.5, 0.6) is 0 Å². The van der Waals surface area contributed by atoms with Crippen LogP contribution in [0.15, 0.2) is 182 Å². The average molecular weight is 617 g/mol. The fourth-order valence-corrected chi connectivity index (χ4v) is 6.91. The van der Waals surface area contributed by atoms with Gasteiger partial charge in [0.15, 0.2) is 0 Å². The van der Waals surface area contributed by atoms with E-state index in [1.165, 1.54) is 72.0 Å². The van der Waals surface area contributed by atoms with Gasteiger partial charge in [-0.25, -0.2) is 0 Å². The molecular weight excluding hydrogens is 581 g/mol. The Bertz CT molecular complexity index is 2330. The van der Waals surface area contributed by atoms with Crippen LogP contribution in [0.1, 0.15) is 0 Å². The average Bonchev–Trinajstić information content (AvgIpc) is 3.18. The Morgan fingerprint density at radius 1 is 0.271 bits per heavy atom. The van der Waals surface area contributed by atoms with Gasteiger partial charge in [0, 0.05) is 42.1 Å². The Hall–Kier alpha value is -6.12. The van der Waals surface area contributed by atoms with Crippen LogP contribution in [0, 0.1) is 0 Å².